The lowest BCUT2D eigenvalue weighted by Crippen LogP contribution is -2.27. The molecule has 0 radical (unpaired) electrons. The fraction of sp³-hybridized carbons (Fsp3) is 0.900. The molecule has 1 rings (SSSR count). The van der Waals surface area contributed by atoms with Crippen LogP contribution in [-0.4, -0.2) is 18.5 Å². The van der Waals surface area contributed by atoms with Crippen LogP contribution in [0.2, 0.25) is 0 Å². The van der Waals surface area contributed by atoms with Crippen LogP contribution in [-0.2, 0) is 4.79 Å². The number of nitrogens with one attached hydrogen (secondary N) is 1. The molecule has 1 saturated carbocycles. The standard InChI is InChI=1S/C10H20N2O/c1-7-6-9(7)10(13)12-5-3-4-8(2)11/h7-9H,3-6,11H2,1-2H3,(H,12,13). The van der Waals surface area contributed by atoms with Gasteiger partial charge in [-0.05, 0) is 32.1 Å². The SMILES string of the molecule is CC(N)CCCNC(=O)C1CC1C. The molecule has 0 heterocycles. The highest BCUT2D eigenvalue weighted by molar-refractivity contribution is 5.81. The number of carbonyl (C=O) groups excluding carboxylic acids is 1. The number of amides is 1. The molecule has 13 heavy (non-hydrogen) atoms. The van der Waals surface area contributed by atoms with Crippen LogP contribution in [0.4, 0.5) is 0 Å². The van der Waals surface area contributed by atoms with E-state index in [9.17, 15) is 4.79 Å². The summed E-state index contributed by atoms with van der Waals surface area (Å²) in [6, 6.07) is 0.247. The first-order chi connectivity index (χ1) is 6.11. The van der Waals surface area contributed by atoms with Crippen LogP contribution in [0.15, 0.2) is 0 Å². The fourth-order valence-electron chi connectivity index (χ4n) is 1.45. The quantitative estimate of drug-likeness (QED) is 0.623. The minimum Gasteiger partial charge on any atom is -0.356 e. The maximum atomic E-state index is 11.3. The Labute approximate surface area is 80.1 Å². The van der Waals surface area contributed by atoms with Crippen molar-refractivity contribution in [1.29, 1.82) is 0 Å². The minimum atomic E-state index is 0.233. The van der Waals surface area contributed by atoms with Crippen LogP contribution in [0.25, 0.3) is 0 Å². The number of carbonyl (C=O) groups is 1. The van der Waals surface area contributed by atoms with Gasteiger partial charge < -0.3 is 11.1 Å². The summed E-state index contributed by atoms with van der Waals surface area (Å²) in [5, 5.41) is 2.94. The maximum Gasteiger partial charge on any atom is 0.223 e. The molecule has 1 aliphatic carbocycles. The van der Waals surface area contributed by atoms with Crippen LogP contribution in [0, 0.1) is 11.8 Å². The second kappa shape index (κ2) is 4.61. The zero-order valence-electron chi connectivity index (χ0n) is 8.55. The summed E-state index contributed by atoms with van der Waals surface area (Å²) in [7, 11) is 0. The molecular formula is C10H20N2O. The van der Waals surface area contributed by atoms with Gasteiger partial charge in [0.15, 0.2) is 0 Å². The van der Waals surface area contributed by atoms with Crippen LogP contribution < -0.4 is 11.1 Å². The number of rotatable bonds is 5. The molecule has 0 aliphatic heterocycles. The normalized spacial score (nSPS) is 28.2. The van der Waals surface area contributed by atoms with E-state index in [1.807, 2.05) is 6.92 Å². The molecule has 1 fully saturated rings. The molecule has 1 aliphatic rings. The average Bonchev–Trinajstić information content (AvgIpc) is 2.75. The predicted octanol–water partition coefficient (Wildman–Crippen LogP) is 0.886. The molecule has 3 heteroatoms. The van der Waals surface area contributed by atoms with Gasteiger partial charge in [0.25, 0.3) is 0 Å². The highest BCUT2D eigenvalue weighted by Crippen LogP contribution is 2.37. The molecule has 76 valence electrons. The zero-order chi connectivity index (χ0) is 9.84. The van der Waals surface area contributed by atoms with Gasteiger partial charge in [0.05, 0.1) is 0 Å². The highest BCUT2D eigenvalue weighted by Gasteiger charge is 2.38. The lowest BCUT2D eigenvalue weighted by molar-refractivity contribution is -0.122. The van der Waals surface area contributed by atoms with Crippen LogP contribution in [0.5, 0.6) is 0 Å². The Morgan fingerprint density at radius 1 is 1.69 bits per heavy atom. The van der Waals surface area contributed by atoms with E-state index in [2.05, 4.69) is 12.2 Å². The molecule has 3 nitrogen and oxygen atoms in total. The summed E-state index contributed by atoms with van der Waals surface area (Å²) in [6.45, 7) is 4.89. The van der Waals surface area contributed by atoms with Gasteiger partial charge in [-0.3, -0.25) is 4.79 Å². The summed E-state index contributed by atoms with van der Waals surface area (Å²) in [4.78, 5) is 11.3. The van der Waals surface area contributed by atoms with Gasteiger partial charge in [0.1, 0.15) is 0 Å². The van der Waals surface area contributed by atoms with Crippen molar-refractivity contribution in [3.8, 4) is 0 Å². The summed E-state index contributed by atoms with van der Waals surface area (Å²) >= 11 is 0. The minimum absolute atomic E-state index is 0.233. The van der Waals surface area contributed by atoms with E-state index in [0.29, 0.717) is 11.8 Å². The summed E-state index contributed by atoms with van der Waals surface area (Å²) in [5.74, 6) is 1.14. The van der Waals surface area contributed by atoms with Crippen molar-refractivity contribution in [2.45, 2.75) is 39.2 Å². The smallest absolute Gasteiger partial charge is 0.223 e. The molecule has 3 N–H and O–H groups in total. The molecule has 0 saturated heterocycles. The number of hydrogen-bond acceptors (Lipinski definition) is 2. The molecule has 0 aromatic rings. The third kappa shape index (κ3) is 3.77. The Kier molecular flexibility index (Phi) is 3.72. The van der Waals surface area contributed by atoms with Crippen molar-refractivity contribution in [2.24, 2.45) is 17.6 Å². The largest absolute Gasteiger partial charge is 0.356 e. The Balaban J connectivity index is 1.97. The second-order valence-corrected chi connectivity index (χ2v) is 4.23. The van der Waals surface area contributed by atoms with E-state index in [1.165, 1.54) is 0 Å². The van der Waals surface area contributed by atoms with Crippen molar-refractivity contribution >= 4 is 5.91 Å². The fourth-order valence-corrected chi connectivity index (χ4v) is 1.45. The van der Waals surface area contributed by atoms with E-state index < -0.39 is 0 Å². The van der Waals surface area contributed by atoms with Gasteiger partial charge in [-0.15, -0.1) is 0 Å². The molecular weight excluding hydrogens is 164 g/mol. The molecule has 3 unspecified atom stereocenters. The van der Waals surface area contributed by atoms with Crippen LogP contribution in [0.3, 0.4) is 0 Å². The molecule has 0 aromatic heterocycles. The van der Waals surface area contributed by atoms with Gasteiger partial charge in [0.2, 0.25) is 5.91 Å². The predicted molar refractivity (Wildman–Crippen MR) is 53.2 cm³/mol. The van der Waals surface area contributed by atoms with Gasteiger partial charge in [-0.1, -0.05) is 6.92 Å². The first kappa shape index (κ1) is 10.5. The van der Waals surface area contributed by atoms with Gasteiger partial charge >= 0.3 is 0 Å². The van der Waals surface area contributed by atoms with Gasteiger partial charge in [-0.2, -0.15) is 0 Å². The monoisotopic (exact) mass is 184 g/mol. The summed E-state index contributed by atoms with van der Waals surface area (Å²) < 4.78 is 0. The van der Waals surface area contributed by atoms with Crippen molar-refractivity contribution in [3.63, 3.8) is 0 Å². The van der Waals surface area contributed by atoms with Crippen LogP contribution in [0.1, 0.15) is 33.1 Å². The maximum absolute atomic E-state index is 11.3. The highest BCUT2D eigenvalue weighted by atomic mass is 16.2. The van der Waals surface area contributed by atoms with Gasteiger partial charge in [0, 0.05) is 18.5 Å². The number of nitrogens with two attached hydrogens (primary N) is 1. The molecule has 0 spiro atoms. The van der Waals surface area contributed by atoms with Crippen molar-refractivity contribution < 1.29 is 4.79 Å². The molecule has 0 aromatic carbocycles. The lowest BCUT2D eigenvalue weighted by atomic mass is 10.2. The molecule has 1 amide bonds. The Morgan fingerprint density at radius 3 is 2.77 bits per heavy atom. The molecule has 0 bridgehead atoms. The van der Waals surface area contributed by atoms with E-state index in [0.717, 1.165) is 25.8 Å². The Hall–Kier alpha value is -0.570. The van der Waals surface area contributed by atoms with E-state index >= 15 is 0 Å². The van der Waals surface area contributed by atoms with Gasteiger partial charge in [-0.25, -0.2) is 0 Å². The Bertz CT molecular complexity index is 180. The topological polar surface area (TPSA) is 55.1 Å². The van der Waals surface area contributed by atoms with Crippen molar-refractivity contribution in [3.05, 3.63) is 0 Å². The second-order valence-electron chi connectivity index (χ2n) is 4.23. The van der Waals surface area contributed by atoms with E-state index in [1.54, 1.807) is 0 Å². The lowest BCUT2D eigenvalue weighted by Gasteiger charge is -2.06. The van der Waals surface area contributed by atoms with Crippen molar-refractivity contribution in [2.75, 3.05) is 6.54 Å². The Morgan fingerprint density at radius 2 is 2.31 bits per heavy atom. The average molecular weight is 184 g/mol. The van der Waals surface area contributed by atoms with Crippen molar-refractivity contribution in [1.82, 2.24) is 5.32 Å². The van der Waals surface area contributed by atoms with E-state index in [-0.39, 0.29) is 11.9 Å². The first-order valence-electron chi connectivity index (χ1n) is 5.14. The summed E-state index contributed by atoms with van der Waals surface area (Å²) in [5.41, 5.74) is 5.59. The van der Waals surface area contributed by atoms with E-state index in [4.69, 9.17) is 5.73 Å². The first-order valence-corrected chi connectivity index (χ1v) is 5.14. The third-order valence-corrected chi connectivity index (χ3v) is 2.58. The number of hydrogen-bond donors (Lipinski definition) is 2. The zero-order valence-corrected chi connectivity index (χ0v) is 8.55. The van der Waals surface area contributed by atoms with Crippen LogP contribution >= 0.6 is 0 Å². The molecule has 3 atom stereocenters. The third-order valence-electron chi connectivity index (χ3n) is 2.58. The summed E-state index contributed by atoms with van der Waals surface area (Å²) in [6.07, 6.45) is 3.05.